The topological polar surface area (TPSA) is 26.0 Å². The van der Waals surface area contributed by atoms with Gasteiger partial charge in [-0.05, 0) is 16.7 Å². The summed E-state index contributed by atoms with van der Waals surface area (Å²) in [4.78, 5) is 0. The first-order valence-electron chi connectivity index (χ1n) is 5.28. The van der Waals surface area contributed by atoms with Crippen LogP contribution in [0.1, 0.15) is 11.6 Å². The molecule has 0 aliphatic carbocycles. The number of halogens is 1. The quantitative estimate of drug-likeness (QED) is 0.835. The molecule has 2 aromatic rings. The second kappa shape index (κ2) is 4.90. The Labute approximate surface area is 94.7 Å². The summed E-state index contributed by atoms with van der Waals surface area (Å²) in [6.07, 6.45) is 0. The third kappa shape index (κ3) is 2.28. The van der Waals surface area contributed by atoms with Crippen LogP contribution in [0.15, 0.2) is 54.6 Å². The Morgan fingerprint density at radius 1 is 0.875 bits per heavy atom. The summed E-state index contributed by atoms with van der Waals surface area (Å²) in [6.45, 7) is -0.523. The third-order valence-corrected chi connectivity index (χ3v) is 2.61. The molecule has 0 fully saturated rings. The molecule has 82 valence electrons. The normalized spacial score (nSPS) is 12.4. The zero-order valence-electron chi connectivity index (χ0n) is 8.94. The van der Waals surface area contributed by atoms with Gasteiger partial charge in [-0.15, -0.1) is 0 Å². The molecule has 0 saturated heterocycles. The van der Waals surface area contributed by atoms with Crippen LogP contribution in [-0.2, 0) is 0 Å². The van der Waals surface area contributed by atoms with E-state index >= 15 is 0 Å². The molecule has 0 radical (unpaired) electrons. The molecule has 0 heterocycles. The van der Waals surface area contributed by atoms with Crippen LogP contribution in [0.2, 0.25) is 0 Å². The van der Waals surface area contributed by atoms with E-state index in [-0.39, 0.29) is 0 Å². The highest BCUT2D eigenvalue weighted by Crippen LogP contribution is 2.21. The minimum absolute atomic E-state index is 0.509. The van der Waals surface area contributed by atoms with Crippen LogP contribution in [0, 0.1) is 0 Å². The second-order valence-corrected chi connectivity index (χ2v) is 3.75. The van der Waals surface area contributed by atoms with E-state index in [0.29, 0.717) is 0 Å². The summed E-state index contributed by atoms with van der Waals surface area (Å²) in [5.41, 5.74) is 8.72. The van der Waals surface area contributed by atoms with Crippen molar-refractivity contribution >= 4 is 0 Å². The highest BCUT2D eigenvalue weighted by molar-refractivity contribution is 5.63. The molecule has 0 aliphatic heterocycles. The average Bonchev–Trinajstić information content (AvgIpc) is 2.39. The van der Waals surface area contributed by atoms with Gasteiger partial charge in [-0.25, -0.2) is 4.39 Å². The minimum Gasteiger partial charge on any atom is -0.322 e. The molecule has 1 atom stereocenters. The summed E-state index contributed by atoms with van der Waals surface area (Å²) < 4.78 is 12.4. The first-order chi connectivity index (χ1) is 7.81. The van der Waals surface area contributed by atoms with E-state index in [2.05, 4.69) is 0 Å². The lowest BCUT2D eigenvalue weighted by molar-refractivity contribution is 0.437. The van der Waals surface area contributed by atoms with E-state index in [1.165, 1.54) is 0 Å². The van der Waals surface area contributed by atoms with Gasteiger partial charge in [-0.1, -0.05) is 54.6 Å². The highest BCUT2D eigenvalue weighted by Gasteiger charge is 2.04. The molecule has 16 heavy (non-hydrogen) atoms. The number of hydrogen-bond acceptors (Lipinski definition) is 1. The maximum Gasteiger partial charge on any atom is 0.109 e. The van der Waals surface area contributed by atoms with Crippen molar-refractivity contribution in [3.8, 4) is 11.1 Å². The van der Waals surface area contributed by atoms with Crippen molar-refractivity contribution in [3.05, 3.63) is 60.2 Å². The number of nitrogens with two attached hydrogens (primary N) is 1. The fraction of sp³-hybridized carbons (Fsp3) is 0.143. The Morgan fingerprint density at radius 2 is 1.44 bits per heavy atom. The van der Waals surface area contributed by atoms with Gasteiger partial charge in [-0.3, -0.25) is 0 Å². The average molecular weight is 215 g/mol. The summed E-state index contributed by atoms with van der Waals surface area (Å²) >= 11 is 0. The summed E-state index contributed by atoms with van der Waals surface area (Å²) in [5, 5.41) is 0. The van der Waals surface area contributed by atoms with Gasteiger partial charge in [0.1, 0.15) is 6.67 Å². The lowest BCUT2D eigenvalue weighted by atomic mass is 10.0. The van der Waals surface area contributed by atoms with Gasteiger partial charge < -0.3 is 5.73 Å². The lowest BCUT2D eigenvalue weighted by Crippen LogP contribution is -2.11. The number of hydrogen-bond donors (Lipinski definition) is 1. The Morgan fingerprint density at radius 3 is 2.00 bits per heavy atom. The van der Waals surface area contributed by atoms with E-state index in [9.17, 15) is 4.39 Å². The molecule has 2 N–H and O–H groups in total. The van der Waals surface area contributed by atoms with Crippen LogP contribution in [0.25, 0.3) is 11.1 Å². The molecule has 2 heteroatoms. The molecule has 1 nitrogen and oxygen atoms in total. The molecule has 2 aromatic carbocycles. The van der Waals surface area contributed by atoms with Gasteiger partial charge in [0, 0.05) is 0 Å². The van der Waals surface area contributed by atoms with Crippen molar-refractivity contribution in [1.29, 1.82) is 0 Å². The predicted octanol–water partition coefficient (Wildman–Crippen LogP) is 3.32. The first kappa shape index (κ1) is 10.8. The van der Waals surface area contributed by atoms with Gasteiger partial charge in [0.2, 0.25) is 0 Å². The molecule has 0 amide bonds. The molecule has 2 rings (SSSR count). The Hall–Kier alpha value is -1.67. The second-order valence-electron chi connectivity index (χ2n) is 3.75. The Kier molecular flexibility index (Phi) is 3.32. The molecular weight excluding hydrogens is 201 g/mol. The molecule has 0 aliphatic rings. The summed E-state index contributed by atoms with van der Waals surface area (Å²) in [5.74, 6) is 0. The third-order valence-electron chi connectivity index (χ3n) is 2.61. The maximum atomic E-state index is 12.4. The van der Waals surface area contributed by atoms with E-state index in [0.717, 1.165) is 16.7 Å². The molecule has 0 spiro atoms. The largest absolute Gasteiger partial charge is 0.322 e. The van der Waals surface area contributed by atoms with Gasteiger partial charge >= 0.3 is 0 Å². The van der Waals surface area contributed by atoms with Gasteiger partial charge in [0.25, 0.3) is 0 Å². The van der Waals surface area contributed by atoms with Crippen molar-refractivity contribution in [2.45, 2.75) is 6.04 Å². The van der Waals surface area contributed by atoms with E-state index in [1.54, 1.807) is 0 Å². The smallest absolute Gasteiger partial charge is 0.109 e. The summed E-state index contributed by atoms with van der Waals surface area (Å²) in [7, 11) is 0. The van der Waals surface area contributed by atoms with Crippen LogP contribution in [0.5, 0.6) is 0 Å². The fourth-order valence-electron chi connectivity index (χ4n) is 1.64. The van der Waals surface area contributed by atoms with Gasteiger partial charge in [-0.2, -0.15) is 0 Å². The zero-order chi connectivity index (χ0) is 11.4. The number of benzene rings is 2. The minimum atomic E-state index is -0.523. The fourth-order valence-corrected chi connectivity index (χ4v) is 1.64. The monoisotopic (exact) mass is 215 g/mol. The van der Waals surface area contributed by atoms with Crippen LogP contribution in [0.4, 0.5) is 4.39 Å². The molecular formula is C14H14FN. The van der Waals surface area contributed by atoms with Crippen LogP contribution < -0.4 is 5.73 Å². The molecule has 0 aromatic heterocycles. The Bertz CT molecular complexity index is 436. The van der Waals surface area contributed by atoms with Crippen molar-refractivity contribution in [2.75, 3.05) is 6.67 Å². The van der Waals surface area contributed by atoms with E-state index in [4.69, 9.17) is 5.73 Å². The predicted molar refractivity (Wildman–Crippen MR) is 64.8 cm³/mol. The lowest BCUT2D eigenvalue weighted by Gasteiger charge is -2.08. The van der Waals surface area contributed by atoms with Crippen LogP contribution in [0.3, 0.4) is 0 Å². The van der Waals surface area contributed by atoms with Crippen LogP contribution >= 0.6 is 0 Å². The molecule has 0 bridgehead atoms. The standard InChI is InChI=1S/C14H14FN/c15-10-14(16)13-8-6-12(7-9-13)11-4-2-1-3-5-11/h1-9,14H,10,16H2/t14-/m1/s1. The van der Waals surface area contributed by atoms with Crippen LogP contribution in [-0.4, -0.2) is 6.67 Å². The van der Waals surface area contributed by atoms with Crippen molar-refractivity contribution in [2.24, 2.45) is 5.73 Å². The SMILES string of the molecule is N[C@H](CF)c1ccc(-c2ccccc2)cc1. The summed E-state index contributed by atoms with van der Waals surface area (Å²) in [6, 6.07) is 17.3. The van der Waals surface area contributed by atoms with Gasteiger partial charge in [0.05, 0.1) is 6.04 Å². The van der Waals surface area contributed by atoms with Crippen molar-refractivity contribution < 1.29 is 4.39 Å². The van der Waals surface area contributed by atoms with E-state index < -0.39 is 12.7 Å². The van der Waals surface area contributed by atoms with Crippen molar-refractivity contribution in [1.82, 2.24) is 0 Å². The van der Waals surface area contributed by atoms with Gasteiger partial charge in [0.15, 0.2) is 0 Å². The number of alkyl halides is 1. The first-order valence-corrected chi connectivity index (χ1v) is 5.28. The molecule has 0 unspecified atom stereocenters. The van der Waals surface area contributed by atoms with Crippen molar-refractivity contribution in [3.63, 3.8) is 0 Å². The molecule has 0 saturated carbocycles. The highest BCUT2D eigenvalue weighted by atomic mass is 19.1. The maximum absolute atomic E-state index is 12.4. The number of rotatable bonds is 3. The zero-order valence-corrected chi connectivity index (χ0v) is 8.94. The van der Waals surface area contributed by atoms with E-state index in [1.807, 2.05) is 54.6 Å². The Balaban J connectivity index is 2.26.